The monoisotopic (exact) mass is 273 g/mol. The smallest absolute Gasteiger partial charge is 0.265 e. The van der Waals surface area contributed by atoms with Gasteiger partial charge < -0.3 is 5.32 Å². The number of fused-ring (bicyclic) bond motifs is 1. The minimum atomic E-state index is -1.20. The van der Waals surface area contributed by atoms with Gasteiger partial charge in [-0.15, -0.1) is 0 Å². The van der Waals surface area contributed by atoms with Crippen molar-refractivity contribution in [1.29, 1.82) is 0 Å². The number of anilines is 1. The maximum Gasteiger partial charge on any atom is 0.265 e. The van der Waals surface area contributed by atoms with Gasteiger partial charge in [0.1, 0.15) is 17.6 Å². The molecular weight excluding hydrogens is 261 g/mol. The van der Waals surface area contributed by atoms with Gasteiger partial charge in [-0.05, 0) is 12.5 Å². The molecule has 2 aromatic rings. The Morgan fingerprint density at radius 3 is 2.80 bits per heavy atom. The number of amides is 1. The van der Waals surface area contributed by atoms with E-state index < -0.39 is 23.5 Å². The SMILES string of the molecule is CCc1cc2n(n1)C(=O)C(c1ccccc1F)C(=O)N2. The number of carbonyl (C=O) groups is 2. The van der Waals surface area contributed by atoms with Crippen LogP contribution in [0.1, 0.15) is 28.9 Å². The van der Waals surface area contributed by atoms with Crippen molar-refractivity contribution in [3.63, 3.8) is 0 Å². The molecule has 1 aliphatic heterocycles. The summed E-state index contributed by atoms with van der Waals surface area (Å²) in [5.41, 5.74) is 0.761. The lowest BCUT2D eigenvalue weighted by atomic mass is 9.95. The molecule has 0 saturated carbocycles. The molecule has 102 valence electrons. The van der Waals surface area contributed by atoms with Crippen molar-refractivity contribution in [2.45, 2.75) is 19.3 Å². The molecule has 0 bridgehead atoms. The van der Waals surface area contributed by atoms with Crippen molar-refractivity contribution in [2.75, 3.05) is 5.32 Å². The fraction of sp³-hybridized carbons (Fsp3) is 0.214. The summed E-state index contributed by atoms with van der Waals surface area (Å²) in [6, 6.07) is 7.42. The van der Waals surface area contributed by atoms with Gasteiger partial charge in [-0.3, -0.25) is 9.59 Å². The van der Waals surface area contributed by atoms with Gasteiger partial charge in [-0.25, -0.2) is 4.39 Å². The molecule has 1 aromatic carbocycles. The van der Waals surface area contributed by atoms with Gasteiger partial charge in [-0.1, -0.05) is 25.1 Å². The molecule has 3 rings (SSSR count). The molecule has 1 N–H and O–H groups in total. The quantitative estimate of drug-likeness (QED) is 0.851. The number of hydrogen-bond acceptors (Lipinski definition) is 3. The van der Waals surface area contributed by atoms with E-state index >= 15 is 0 Å². The highest BCUT2D eigenvalue weighted by Crippen LogP contribution is 2.28. The van der Waals surface area contributed by atoms with Gasteiger partial charge in [0.15, 0.2) is 0 Å². The highest BCUT2D eigenvalue weighted by atomic mass is 19.1. The summed E-state index contributed by atoms with van der Waals surface area (Å²) in [5.74, 6) is -2.51. The molecule has 1 aliphatic rings. The first-order valence-electron chi connectivity index (χ1n) is 6.30. The maximum absolute atomic E-state index is 13.8. The third kappa shape index (κ3) is 1.80. The van der Waals surface area contributed by atoms with Crippen LogP contribution >= 0.6 is 0 Å². The molecule has 20 heavy (non-hydrogen) atoms. The Balaban J connectivity index is 2.08. The zero-order chi connectivity index (χ0) is 14.3. The first-order chi connectivity index (χ1) is 9.61. The Hall–Kier alpha value is -2.50. The van der Waals surface area contributed by atoms with Crippen LogP contribution < -0.4 is 5.32 Å². The molecule has 0 aliphatic carbocycles. The summed E-state index contributed by atoms with van der Waals surface area (Å²) in [6.07, 6.45) is 0.646. The van der Waals surface area contributed by atoms with Gasteiger partial charge in [-0.2, -0.15) is 9.78 Å². The van der Waals surface area contributed by atoms with E-state index in [-0.39, 0.29) is 5.56 Å². The van der Waals surface area contributed by atoms with E-state index in [1.807, 2.05) is 6.92 Å². The first kappa shape index (κ1) is 12.5. The molecule has 1 amide bonds. The molecule has 2 heterocycles. The van der Waals surface area contributed by atoms with E-state index in [0.717, 1.165) is 4.68 Å². The van der Waals surface area contributed by atoms with Crippen molar-refractivity contribution in [3.05, 3.63) is 47.4 Å². The lowest BCUT2D eigenvalue weighted by Gasteiger charge is -2.22. The summed E-state index contributed by atoms with van der Waals surface area (Å²) in [4.78, 5) is 24.5. The van der Waals surface area contributed by atoms with Crippen molar-refractivity contribution in [1.82, 2.24) is 9.78 Å². The number of aromatic nitrogens is 2. The van der Waals surface area contributed by atoms with Crippen LogP contribution in [0.2, 0.25) is 0 Å². The molecule has 1 atom stereocenters. The molecule has 1 aromatic heterocycles. The summed E-state index contributed by atoms with van der Waals surface area (Å²) in [6.45, 7) is 1.90. The average molecular weight is 273 g/mol. The topological polar surface area (TPSA) is 64.0 Å². The van der Waals surface area contributed by atoms with E-state index in [2.05, 4.69) is 10.4 Å². The lowest BCUT2D eigenvalue weighted by Crippen LogP contribution is -2.38. The van der Waals surface area contributed by atoms with Gasteiger partial charge in [0.25, 0.3) is 5.91 Å². The van der Waals surface area contributed by atoms with Crippen LogP contribution in [0, 0.1) is 5.82 Å². The molecular formula is C14H12FN3O2. The molecule has 5 nitrogen and oxygen atoms in total. The van der Waals surface area contributed by atoms with Crippen LogP contribution in [0.25, 0.3) is 0 Å². The Morgan fingerprint density at radius 2 is 2.10 bits per heavy atom. The van der Waals surface area contributed by atoms with Gasteiger partial charge >= 0.3 is 0 Å². The highest BCUT2D eigenvalue weighted by molar-refractivity contribution is 6.15. The predicted molar refractivity (Wildman–Crippen MR) is 70.0 cm³/mol. The molecule has 1 unspecified atom stereocenters. The molecule has 0 saturated heterocycles. The van der Waals surface area contributed by atoms with Crippen molar-refractivity contribution in [3.8, 4) is 0 Å². The zero-order valence-electron chi connectivity index (χ0n) is 10.8. The van der Waals surface area contributed by atoms with Crippen molar-refractivity contribution in [2.24, 2.45) is 0 Å². The van der Waals surface area contributed by atoms with Gasteiger partial charge in [0, 0.05) is 11.6 Å². The highest BCUT2D eigenvalue weighted by Gasteiger charge is 2.38. The van der Waals surface area contributed by atoms with E-state index in [4.69, 9.17) is 0 Å². The third-order valence-corrected chi connectivity index (χ3v) is 3.31. The van der Waals surface area contributed by atoms with Crippen molar-refractivity contribution < 1.29 is 14.0 Å². The Labute approximate surface area is 114 Å². The van der Waals surface area contributed by atoms with Crippen molar-refractivity contribution >= 4 is 17.6 Å². The van der Waals surface area contributed by atoms with Crippen LogP contribution in [-0.4, -0.2) is 21.6 Å². The zero-order valence-corrected chi connectivity index (χ0v) is 10.8. The van der Waals surface area contributed by atoms with Gasteiger partial charge in [0.05, 0.1) is 5.69 Å². The average Bonchev–Trinajstić information content (AvgIpc) is 2.84. The number of nitrogens with zero attached hydrogens (tertiary/aromatic N) is 2. The lowest BCUT2D eigenvalue weighted by molar-refractivity contribution is -0.117. The minimum Gasteiger partial charge on any atom is -0.309 e. The number of rotatable bonds is 2. The Kier molecular flexibility index (Phi) is 2.85. The molecule has 6 heteroatoms. The molecule has 0 radical (unpaired) electrons. The fourth-order valence-electron chi connectivity index (χ4n) is 2.28. The molecule has 0 spiro atoms. The first-order valence-corrected chi connectivity index (χ1v) is 6.30. The number of carbonyl (C=O) groups excluding carboxylic acids is 2. The minimum absolute atomic E-state index is 0.0641. The van der Waals surface area contributed by atoms with Crippen LogP contribution in [-0.2, 0) is 11.2 Å². The van der Waals surface area contributed by atoms with Crippen LogP contribution in [0.3, 0.4) is 0 Å². The van der Waals surface area contributed by atoms with E-state index in [9.17, 15) is 14.0 Å². The Bertz CT molecular complexity index is 708. The number of halogens is 1. The summed E-state index contributed by atoms with van der Waals surface area (Å²) in [7, 11) is 0. The maximum atomic E-state index is 13.8. The number of benzene rings is 1. The largest absolute Gasteiger partial charge is 0.309 e. The summed E-state index contributed by atoms with van der Waals surface area (Å²) in [5, 5.41) is 6.71. The fourth-order valence-corrected chi connectivity index (χ4v) is 2.28. The number of hydrogen-bond donors (Lipinski definition) is 1. The third-order valence-electron chi connectivity index (χ3n) is 3.31. The van der Waals surface area contributed by atoms with Crippen LogP contribution in [0.4, 0.5) is 10.2 Å². The number of nitrogens with one attached hydrogen (secondary N) is 1. The van der Waals surface area contributed by atoms with Gasteiger partial charge in [0.2, 0.25) is 5.91 Å². The predicted octanol–water partition coefficient (Wildman–Crippen LogP) is 1.96. The van der Waals surface area contributed by atoms with E-state index in [1.165, 1.54) is 18.2 Å². The normalized spacial score (nSPS) is 17.8. The standard InChI is InChI=1S/C14H12FN3O2/c1-2-8-7-11-16-13(19)12(14(20)18(11)17-8)9-5-3-4-6-10(9)15/h3-7,12H,2H2,1H3,(H,16,19). The number of aryl methyl sites for hydroxylation is 1. The second kappa shape index (κ2) is 4.56. The summed E-state index contributed by atoms with van der Waals surface area (Å²) < 4.78 is 14.9. The Morgan fingerprint density at radius 1 is 1.35 bits per heavy atom. The second-order valence-corrected chi connectivity index (χ2v) is 4.57. The summed E-state index contributed by atoms with van der Waals surface area (Å²) >= 11 is 0. The second-order valence-electron chi connectivity index (χ2n) is 4.57. The van der Waals surface area contributed by atoms with Crippen LogP contribution in [0.5, 0.6) is 0 Å². The molecule has 0 fully saturated rings. The van der Waals surface area contributed by atoms with Crippen LogP contribution in [0.15, 0.2) is 30.3 Å². The van der Waals surface area contributed by atoms with E-state index in [1.54, 1.807) is 12.1 Å². The van der Waals surface area contributed by atoms with E-state index in [0.29, 0.717) is 17.9 Å².